The number of hydrogen-bond donors (Lipinski definition) is 0. The lowest BCUT2D eigenvalue weighted by molar-refractivity contribution is 0.342. The molecule has 0 saturated carbocycles. The number of fused-ring (bicyclic) bond motifs is 1. The molecule has 3 aromatic rings. The van der Waals surface area contributed by atoms with Gasteiger partial charge in [-0.1, -0.05) is 52.3 Å². The number of ether oxygens (including phenoxy) is 1. The molecule has 0 aliphatic rings. The van der Waals surface area contributed by atoms with Crippen LogP contribution in [0.1, 0.15) is 6.92 Å². The van der Waals surface area contributed by atoms with E-state index in [1.165, 1.54) is 6.07 Å². The summed E-state index contributed by atoms with van der Waals surface area (Å²) in [6.45, 7) is 2.47. The van der Waals surface area contributed by atoms with Crippen molar-refractivity contribution in [3.63, 3.8) is 0 Å². The lowest BCUT2D eigenvalue weighted by atomic mass is 9.97. The summed E-state index contributed by atoms with van der Waals surface area (Å²) in [7, 11) is 0. The Hall–Kier alpha value is -1.87. The van der Waals surface area contributed by atoms with Crippen LogP contribution in [-0.2, 0) is 0 Å². The summed E-state index contributed by atoms with van der Waals surface area (Å²) < 4.78 is 20.8. The van der Waals surface area contributed by atoms with Crippen LogP contribution in [-0.4, -0.2) is 6.61 Å². The van der Waals surface area contributed by atoms with Gasteiger partial charge in [0, 0.05) is 15.6 Å². The molecule has 3 aromatic carbocycles. The van der Waals surface area contributed by atoms with Crippen LogP contribution in [0, 0.1) is 5.82 Å². The van der Waals surface area contributed by atoms with Gasteiger partial charge >= 0.3 is 0 Å². The molecule has 0 spiro atoms. The van der Waals surface area contributed by atoms with Gasteiger partial charge in [-0.05, 0) is 35.9 Å². The highest BCUT2D eigenvalue weighted by Crippen LogP contribution is 2.39. The third-order valence-electron chi connectivity index (χ3n) is 3.39. The number of rotatable bonds is 3. The Balaban J connectivity index is 2.34. The van der Waals surface area contributed by atoms with Crippen LogP contribution in [0.2, 0.25) is 0 Å². The first kappa shape index (κ1) is 14.1. The normalized spacial score (nSPS) is 10.8. The minimum absolute atomic E-state index is 0.262. The molecule has 21 heavy (non-hydrogen) atoms. The van der Waals surface area contributed by atoms with Crippen molar-refractivity contribution in [2.45, 2.75) is 6.92 Å². The summed E-state index contributed by atoms with van der Waals surface area (Å²) in [5.74, 6) is 0.444. The van der Waals surface area contributed by atoms with E-state index in [1.54, 1.807) is 6.07 Å². The fraction of sp³-hybridized carbons (Fsp3) is 0.111. The average Bonchev–Trinajstić information content (AvgIpc) is 2.48. The molecule has 3 rings (SSSR count). The Morgan fingerprint density at radius 1 is 1.05 bits per heavy atom. The van der Waals surface area contributed by atoms with Crippen molar-refractivity contribution in [3.8, 4) is 16.9 Å². The molecule has 0 heterocycles. The Labute approximate surface area is 131 Å². The predicted molar refractivity (Wildman–Crippen MR) is 88.2 cm³/mol. The number of benzene rings is 3. The molecule has 3 heteroatoms. The Morgan fingerprint density at radius 2 is 1.86 bits per heavy atom. The zero-order valence-corrected chi connectivity index (χ0v) is 13.2. The molecule has 0 atom stereocenters. The van der Waals surface area contributed by atoms with Crippen molar-refractivity contribution in [3.05, 3.63) is 64.9 Å². The summed E-state index contributed by atoms with van der Waals surface area (Å²) in [5, 5.41) is 2.06. The van der Waals surface area contributed by atoms with Gasteiger partial charge in [0.15, 0.2) is 0 Å². The van der Waals surface area contributed by atoms with E-state index in [2.05, 4.69) is 15.9 Å². The molecule has 0 bridgehead atoms. The Kier molecular flexibility index (Phi) is 3.93. The molecule has 0 saturated heterocycles. The van der Waals surface area contributed by atoms with Crippen LogP contribution >= 0.6 is 15.9 Å². The molecule has 0 aliphatic heterocycles. The van der Waals surface area contributed by atoms with Crippen molar-refractivity contribution in [1.29, 1.82) is 0 Å². The highest BCUT2D eigenvalue weighted by molar-refractivity contribution is 9.10. The maximum atomic E-state index is 14.4. The molecular weight excluding hydrogens is 331 g/mol. The predicted octanol–water partition coefficient (Wildman–Crippen LogP) is 5.81. The second kappa shape index (κ2) is 5.86. The largest absolute Gasteiger partial charge is 0.493 e. The van der Waals surface area contributed by atoms with Crippen molar-refractivity contribution in [1.82, 2.24) is 0 Å². The number of halogens is 2. The van der Waals surface area contributed by atoms with Gasteiger partial charge in [0.1, 0.15) is 11.6 Å². The van der Waals surface area contributed by atoms with Crippen LogP contribution < -0.4 is 4.74 Å². The standard InChI is InChI=1S/C18H14BrFO/c1-2-21-17-10-7-12-5-3-4-6-14(12)18(17)15-9-8-13(19)11-16(15)20/h3-11H,2H2,1H3. The van der Waals surface area contributed by atoms with Crippen LogP contribution in [0.3, 0.4) is 0 Å². The third-order valence-corrected chi connectivity index (χ3v) is 3.88. The van der Waals surface area contributed by atoms with Gasteiger partial charge in [-0.3, -0.25) is 0 Å². The van der Waals surface area contributed by atoms with Crippen molar-refractivity contribution < 1.29 is 9.13 Å². The minimum atomic E-state index is -0.262. The molecule has 0 aromatic heterocycles. The van der Waals surface area contributed by atoms with Crippen molar-refractivity contribution in [2.75, 3.05) is 6.61 Å². The molecule has 0 fully saturated rings. The van der Waals surface area contributed by atoms with Crippen LogP contribution in [0.15, 0.2) is 59.1 Å². The minimum Gasteiger partial charge on any atom is -0.493 e. The topological polar surface area (TPSA) is 9.23 Å². The van der Waals surface area contributed by atoms with Crippen molar-refractivity contribution in [2.24, 2.45) is 0 Å². The smallest absolute Gasteiger partial charge is 0.132 e. The zero-order valence-electron chi connectivity index (χ0n) is 11.6. The van der Waals surface area contributed by atoms with Crippen LogP contribution in [0.5, 0.6) is 5.75 Å². The first-order chi connectivity index (χ1) is 10.2. The summed E-state index contributed by atoms with van der Waals surface area (Å²) in [5.41, 5.74) is 1.36. The van der Waals surface area contributed by atoms with Gasteiger partial charge in [0.2, 0.25) is 0 Å². The molecule has 0 amide bonds. The lowest BCUT2D eigenvalue weighted by Gasteiger charge is -2.14. The van der Waals surface area contributed by atoms with E-state index in [0.717, 1.165) is 20.8 Å². The van der Waals surface area contributed by atoms with E-state index in [9.17, 15) is 4.39 Å². The first-order valence-electron chi connectivity index (χ1n) is 6.80. The monoisotopic (exact) mass is 344 g/mol. The highest BCUT2D eigenvalue weighted by Gasteiger charge is 2.14. The van der Waals surface area contributed by atoms with E-state index in [1.807, 2.05) is 49.4 Å². The highest BCUT2D eigenvalue weighted by atomic mass is 79.9. The SMILES string of the molecule is CCOc1ccc2ccccc2c1-c1ccc(Br)cc1F. The second-order valence-corrected chi connectivity index (χ2v) is 5.63. The summed E-state index contributed by atoms with van der Waals surface area (Å²) in [4.78, 5) is 0. The summed E-state index contributed by atoms with van der Waals surface area (Å²) >= 11 is 3.30. The van der Waals surface area contributed by atoms with Gasteiger partial charge in [0.05, 0.1) is 6.61 Å². The summed E-state index contributed by atoms with van der Waals surface area (Å²) in [6, 6.07) is 17.0. The van der Waals surface area contributed by atoms with E-state index >= 15 is 0 Å². The fourth-order valence-electron chi connectivity index (χ4n) is 2.50. The summed E-state index contributed by atoms with van der Waals surface area (Å²) in [6.07, 6.45) is 0. The average molecular weight is 345 g/mol. The molecule has 1 nitrogen and oxygen atoms in total. The first-order valence-corrected chi connectivity index (χ1v) is 7.60. The Bertz CT molecular complexity index is 798. The van der Waals surface area contributed by atoms with Crippen LogP contribution in [0.4, 0.5) is 4.39 Å². The molecule has 0 N–H and O–H groups in total. The lowest BCUT2D eigenvalue weighted by Crippen LogP contribution is -1.96. The van der Waals surface area contributed by atoms with Gasteiger partial charge < -0.3 is 4.74 Å². The van der Waals surface area contributed by atoms with E-state index in [-0.39, 0.29) is 5.82 Å². The van der Waals surface area contributed by atoms with Crippen molar-refractivity contribution >= 4 is 26.7 Å². The second-order valence-electron chi connectivity index (χ2n) is 4.72. The fourth-order valence-corrected chi connectivity index (χ4v) is 2.83. The molecule has 106 valence electrons. The Morgan fingerprint density at radius 3 is 2.62 bits per heavy atom. The molecule has 0 aliphatic carbocycles. The molecule has 0 unspecified atom stereocenters. The molecular formula is C18H14BrFO. The van der Waals surface area contributed by atoms with E-state index in [0.29, 0.717) is 17.9 Å². The van der Waals surface area contributed by atoms with E-state index < -0.39 is 0 Å². The van der Waals surface area contributed by atoms with Gasteiger partial charge in [0.25, 0.3) is 0 Å². The molecule has 0 radical (unpaired) electrons. The zero-order chi connectivity index (χ0) is 14.8. The maximum absolute atomic E-state index is 14.4. The number of hydrogen-bond acceptors (Lipinski definition) is 1. The van der Waals surface area contributed by atoms with Gasteiger partial charge in [-0.2, -0.15) is 0 Å². The van der Waals surface area contributed by atoms with E-state index in [4.69, 9.17) is 4.74 Å². The third kappa shape index (κ3) is 2.66. The quantitative estimate of drug-likeness (QED) is 0.582. The maximum Gasteiger partial charge on any atom is 0.132 e. The van der Waals surface area contributed by atoms with Gasteiger partial charge in [-0.15, -0.1) is 0 Å². The van der Waals surface area contributed by atoms with Gasteiger partial charge in [-0.25, -0.2) is 4.39 Å². The van der Waals surface area contributed by atoms with Crippen LogP contribution in [0.25, 0.3) is 21.9 Å².